The number of nitrogens with zero attached hydrogens (tertiary/aromatic N) is 3. The molecule has 1 fully saturated rings. The summed E-state index contributed by atoms with van der Waals surface area (Å²) in [6.07, 6.45) is -4.20. The summed E-state index contributed by atoms with van der Waals surface area (Å²) in [6, 6.07) is 7.93. The fraction of sp³-hybridized carbons (Fsp3) is 0.611. The van der Waals surface area contributed by atoms with Crippen molar-refractivity contribution in [2.24, 2.45) is 4.99 Å². The van der Waals surface area contributed by atoms with E-state index in [-0.39, 0.29) is 30.4 Å². The SMILES string of the molecule is CN=C(NCCCCC(F)(F)F)N1CCN(c2ccccc2OC)CC1.I. The number of alkyl halides is 3. The number of hydrogen-bond donors (Lipinski definition) is 1. The molecule has 1 aliphatic heterocycles. The Kier molecular flexibility index (Phi) is 10.0. The number of nitrogens with one attached hydrogen (secondary N) is 1. The number of benzene rings is 1. The van der Waals surface area contributed by atoms with Crippen LogP contribution in [-0.2, 0) is 0 Å². The molecule has 1 aromatic carbocycles. The van der Waals surface area contributed by atoms with Gasteiger partial charge >= 0.3 is 6.18 Å². The predicted molar refractivity (Wildman–Crippen MR) is 113 cm³/mol. The predicted octanol–water partition coefficient (Wildman–Crippen LogP) is 3.74. The van der Waals surface area contributed by atoms with Crippen LogP contribution in [0.5, 0.6) is 5.75 Å². The first-order valence-corrected chi connectivity index (χ1v) is 8.85. The van der Waals surface area contributed by atoms with Gasteiger partial charge in [-0.1, -0.05) is 12.1 Å². The molecule has 2 rings (SSSR count). The molecule has 0 radical (unpaired) electrons. The van der Waals surface area contributed by atoms with Gasteiger partial charge in [0.1, 0.15) is 5.75 Å². The number of guanidine groups is 1. The van der Waals surface area contributed by atoms with Gasteiger partial charge < -0.3 is 19.9 Å². The van der Waals surface area contributed by atoms with E-state index in [1.165, 1.54) is 0 Å². The Morgan fingerprint density at radius 1 is 1.15 bits per heavy atom. The van der Waals surface area contributed by atoms with Crippen LogP contribution in [-0.4, -0.2) is 63.9 Å². The summed E-state index contributed by atoms with van der Waals surface area (Å²) in [5.41, 5.74) is 1.07. The molecule has 0 spiro atoms. The number of hydrogen-bond acceptors (Lipinski definition) is 3. The second-order valence-electron chi connectivity index (χ2n) is 6.19. The molecule has 9 heteroatoms. The summed E-state index contributed by atoms with van der Waals surface area (Å²) in [6.45, 7) is 3.74. The molecule has 1 aliphatic rings. The number of aliphatic imine (C=N–C) groups is 1. The van der Waals surface area contributed by atoms with Crippen LogP contribution in [0.2, 0.25) is 0 Å². The smallest absolute Gasteiger partial charge is 0.389 e. The minimum atomic E-state index is -4.07. The number of piperazine rings is 1. The normalized spacial score (nSPS) is 15.4. The van der Waals surface area contributed by atoms with Gasteiger partial charge in [0.2, 0.25) is 0 Å². The third-order valence-electron chi connectivity index (χ3n) is 4.39. The first-order chi connectivity index (χ1) is 12.4. The van der Waals surface area contributed by atoms with Crippen LogP contribution in [0.1, 0.15) is 19.3 Å². The highest BCUT2D eigenvalue weighted by molar-refractivity contribution is 14.0. The zero-order valence-electron chi connectivity index (χ0n) is 15.8. The monoisotopic (exact) mass is 500 g/mol. The van der Waals surface area contributed by atoms with Gasteiger partial charge in [-0.2, -0.15) is 13.2 Å². The van der Waals surface area contributed by atoms with E-state index in [9.17, 15) is 13.2 Å². The molecule has 0 unspecified atom stereocenters. The first-order valence-electron chi connectivity index (χ1n) is 8.85. The summed E-state index contributed by atoms with van der Waals surface area (Å²) >= 11 is 0. The van der Waals surface area contributed by atoms with Gasteiger partial charge in [-0.15, -0.1) is 24.0 Å². The van der Waals surface area contributed by atoms with Gasteiger partial charge in [-0.05, 0) is 25.0 Å². The molecular formula is C18H28F3IN4O. The quantitative estimate of drug-likeness (QED) is 0.280. The fourth-order valence-electron chi connectivity index (χ4n) is 3.03. The number of methoxy groups -OCH3 is 1. The van der Waals surface area contributed by atoms with Gasteiger partial charge in [-0.25, -0.2) is 0 Å². The van der Waals surface area contributed by atoms with E-state index in [2.05, 4.69) is 20.1 Å². The number of ether oxygens (including phenoxy) is 1. The van der Waals surface area contributed by atoms with Crippen molar-refractivity contribution in [3.05, 3.63) is 24.3 Å². The standard InChI is InChI=1S/C18H27F3N4O.HI/c1-22-17(23-10-6-5-9-18(19,20)21)25-13-11-24(12-14-25)15-7-3-4-8-16(15)26-2;/h3-4,7-8H,5-6,9-14H2,1-2H3,(H,22,23);1H. The highest BCUT2D eigenvalue weighted by atomic mass is 127. The van der Waals surface area contributed by atoms with Crippen LogP contribution in [0.25, 0.3) is 0 Å². The van der Waals surface area contributed by atoms with Crippen molar-refractivity contribution in [2.75, 3.05) is 51.8 Å². The topological polar surface area (TPSA) is 40.1 Å². The molecule has 5 nitrogen and oxygen atoms in total. The fourth-order valence-corrected chi connectivity index (χ4v) is 3.03. The van der Waals surface area contributed by atoms with Crippen LogP contribution in [0.15, 0.2) is 29.3 Å². The van der Waals surface area contributed by atoms with Gasteiger partial charge in [-0.3, -0.25) is 4.99 Å². The van der Waals surface area contributed by atoms with Crippen LogP contribution in [0.4, 0.5) is 18.9 Å². The lowest BCUT2D eigenvalue weighted by Crippen LogP contribution is -2.52. The van der Waals surface area contributed by atoms with Gasteiger partial charge in [0, 0.05) is 46.2 Å². The molecule has 0 aromatic heterocycles. The number of halogens is 4. The largest absolute Gasteiger partial charge is 0.495 e. The Balaban J connectivity index is 0.00000364. The van der Waals surface area contributed by atoms with Crippen molar-refractivity contribution in [1.29, 1.82) is 0 Å². The number of anilines is 1. The lowest BCUT2D eigenvalue weighted by molar-refractivity contribution is -0.135. The Morgan fingerprint density at radius 2 is 1.81 bits per heavy atom. The molecule has 0 saturated carbocycles. The van der Waals surface area contributed by atoms with Crippen LogP contribution >= 0.6 is 24.0 Å². The molecular weight excluding hydrogens is 472 g/mol. The lowest BCUT2D eigenvalue weighted by Gasteiger charge is -2.38. The Hall–Kier alpha value is -1.39. The Bertz CT molecular complexity index is 590. The summed E-state index contributed by atoms with van der Waals surface area (Å²) < 4.78 is 41.9. The maximum Gasteiger partial charge on any atom is 0.389 e. The number of unbranched alkanes of at least 4 members (excludes halogenated alkanes) is 1. The van der Waals surface area contributed by atoms with E-state index >= 15 is 0 Å². The third kappa shape index (κ3) is 7.63. The molecule has 0 aliphatic carbocycles. The first kappa shape index (κ1) is 23.6. The van der Waals surface area contributed by atoms with Crippen molar-refractivity contribution >= 4 is 35.6 Å². The second kappa shape index (κ2) is 11.5. The molecule has 1 N–H and O–H groups in total. The highest BCUT2D eigenvalue weighted by Crippen LogP contribution is 2.28. The molecule has 154 valence electrons. The zero-order valence-corrected chi connectivity index (χ0v) is 18.1. The minimum Gasteiger partial charge on any atom is -0.495 e. The third-order valence-corrected chi connectivity index (χ3v) is 4.39. The number of para-hydroxylation sites is 2. The molecule has 1 aromatic rings. The molecule has 1 heterocycles. The summed E-state index contributed by atoms with van der Waals surface area (Å²) in [5.74, 6) is 1.60. The Labute approximate surface area is 176 Å². The maximum atomic E-state index is 12.2. The average molecular weight is 500 g/mol. The van der Waals surface area contributed by atoms with E-state index in [0.29, 0.717) is 13.0 Å². The molecule has 27 heavy (non-hydrogen) atoms. The average Bonchev–Trinajstić information content (AvgIpc) is 2.64. The van der Waals surface area contributed by atoms with Crippen molar-refractivity contribution in [3.8, 4) is 5.75 Å². The summed E-state index contributed by atoms with van der Waals surface area (Å²) in [7, 11) is 3.37. The van der Waals surface area contributed by atoms with Gasteiger partial charge in [0.15, 0.2) is 5.96 Å². The molecule has 0 atom stereocenters. The Morgan fingerprint density at radius 3 is 2.41 bits per heavy atom. The van der Waals surface area contributed by atoms with Crippen LogP contribution < -0.4 is 15.0 Å². The molecule has 1 saturated heterocycles. The van der Waals surface area contributed by atoms with E-state index in [1.54, 1.807) is 14.2 Å². The molecule has 0 amide bonds. The van der Waals surface area contributed by atoms with Crippen molar-refractivity contribution in [3.63, 3.8) is 0 Å². The van der Waals surface area contributed by atoms with Crippen molar-refractivity contribution in [2.45, 2.75) is 25.4 Å². The molecule has 0 bridgehead atoms. The minimum absolute atomic E-state index is 0. The van der Waals surface area contributed by atoms with E-state index in [4.69, 9.17) is 4.74 Å². The van der Waals surface area contributed by atoms with Crippen LogP contribution in [0.3, 0.4) is 0 Å². The van der Waals surface area contributed by atoms with E-state index in [0.717, 1.165) is 43.6 Å². The zero-order chi connectivity index (χ0) is 19.0. The lowest BCUT2D eigenvalue weighted by atomic mass is 10.2. The summed E-state index contributed by atoms with van der Waals surface area (Å²) in [5, 5.41) is 3.17. The highest BCUT2D eigenvalue weighted by Gasteiger charge is 2.26. The summed E-state index contributed by atoms with van der Waals surface area (Å²) in [4.78, 5) is 8.66. The van der Waals surface area contributed by atoms with Crippen molar-refractivity contribution in [1.82, 2.24) is 10.2 Å². The van der Waals surface area contributed by atoms with Crippen molar-refractivity contribution < 1.29 is 17.9 Å². The maximum absolute atomic E-state index is 12.2. The van der Waals surface area contributed by atoms with E-state index in [1.807, 2.05) is 24.3 Å². The van der Waals surface area contributed by atoms with Gasteiger partial charge in [0.25, 0.3) is 0 Å². The van der Waals surface area contributed by atoms with Gasteiger partial charge in [0.05, 0.1) is 12.8 Å². The second-order valence-corrected chi connectivity index (χ2v) is 6.19. The van der Waals surface area contributed by atoms with Crippen LogP contribution in [0, 0.1) is 0 Å². The number of rotatable bonds is 6. The van der Waals surface area contributed by atoms with E-state index < -0.39 is 12.6 Å².